The average molecular weight is 272 g/mol. The van der Waals surface area contributed by atoms with Gasteiger partial charge in [-0.15, -0.1) is 0 Å². The molecule has 0 aliphatic carbocycles. The molecule has 0 fully saturated rings. The minimum Gasteiger partial charge on any atom is -0.504 e. The highest BCUT2D eigenvalue weighted by atomic mass is 79.9. The van der Waals surface area contributed by atoms with Crippen LogP contribution in [0.25, 0.3) is 0 Å². The van der Waals surface area contributed by atoms with Gasteiger partial charge >= 0.3 is 0 Å². The number of hydrogen-bond acceptors (Lipinski definition) is 2. The van der Waals surface area contributed by atoms with Gasteiger partial charge in [-0.1, -0.05) is 27.5 Å². The number of aromatic nitrogens is 1. The molecule has 1 aromatic rings. The van der Waals surface area contributed by atoms with Crippen LogP contribution in [0.1, 0.15) is 17.8 Å². The van der Waals surface area contributed by atoms with E-state index in [1.165, 1.54) is 6.07 Å². The molecule has 0 saturated carbocycles. The molecule has 0 aliphatic heterocycles. The summed E-state index contributed by atoms with van der Waals surface area (Å²) in [7, 11) is 0. The number of rotatable bonds is 2. The first-order valence-corrected chi connectivity index (χ1v) is 4.78. The molecule has 1 N–H and O–H groups in total. The third kappa shape index (κ3) is 2.28. The Morgan fingerprint density at radius 3 is 2.69 bits per heavy atom. The Morgan fingerprint density at radius 1 is 1.62 bits per heavy atom. The van der Waals surface area contributed by atoms with Crippen LogP contribution in [-0.4, -0.2) is 10.1 Å². The molecule has 0 radical (unpaired) electrons. The zero-order valence-electron chi connectivity index (χ0n) is 6.27. The fourth-order valence-electron chi connectivity index (χ4n) is 0.798. The quantitative estimate of drug-likeness (QED) is 0.838. The van der Waals surface area contributed by atoms with Crippen LogP contribution in [0, 0.1) is 0 Å². The SMILES string of the molecule is Oc1c(Cl)cc(CBr)nc1C(F)F. The molecule has 0 amide bonds. The van der Waals surface area contributed by atoms with E-state index in [4.69, 9.17) is 16.7 Å². The highest BCUT2D eigenvalue weighted by Gasteiger charge is 2.18. The average Bonchev–Trinajstić information content (AvgIpc) is 2.09. The summed E-state index contributed by atoms with van der Waals surface area (Å²) in [4.78, 5) is 3.52. The summed E-state index contributed by atoms with van der Waals surface area (Å²) in [6.45, 7) is 0. The Kier molecular flexibility index (Phi) is 3.44. The number of halogens is 4. The Balaban J connectivity index is 3.25. The molecule has 0 saturated heterocycles. The first kappa shape index (κ1) is 10.7. The van der Waals surface area contributed by atoms with Gasteiger partial charge in [-0.3, -0.25) is 0 Å². The van der Waals surface area contributed by atoms with Crippen LogP contribution in [0.5, 0.6) is 5.75 Å². The molecule has 72 valence electrons. The minimum absolute atomic E-state index is 0.111. The van der Waals surface area contributed by atoms with Crippen LogP contribution >= 0.6 is 27.5 Å². The molecule has 0 aliphatic rings. The molecular weight excluding hydrogens is 267 g/mol. The van der Waals surface area contributed by atoms with Gasteiger partial charge in [-0.25, -0.2) is 13.8 Å². The van der Waals surface area contributed by atoms with E-state index in [1.807, 2.05) is 0 Å². The number of aromatic hydroxyl groups is 1. The first-order valence-electron chi connectivity index (χ1n) is 3.28. The fourth-order valence-corrected chi connectivity index (χ4v) is 1.31. The summed E-state index contributed by atoms with van der Waals surface area (Å²) in [5.74, 6) is -0.652. The number of alkyl halides is 3. The van der Waals surface area contributed by atoms with Crippen LogP contribution in [0.4, 0.5) is 8.78 Å². The van der Waals surface area contributed by atoms with Crippen molar-refractivity contribution in [2.45, 2.75) is 11.8 Å². The van der Waals surface area contributed by atoms with E-state index in [1.54, 1.807) is 0 Å². The van der Waals surface area contributed by atoms with Gasteiger partial charge in [0.25, 0.3) is 6.43 Å². The summed E-state index contributed by atoms with van der Waals surface area (Å²) < 4.78 is 24.5. The molecule has 0 unspecified atom stereocenters. The van der Waals surface area contributed by atoms with Crippen molar-refractivity contribution in [2.24, 2.45) is 0 Å². The van der Waals surface area contributed by atoms with Crippen molar-refractivity contribution in [1.29, 1.82) is 0 Å². The monoisotopic (exact) mass is 271 g/mol. The van der Waals surface area contributed by atoms with Gasteiger partial charge < -0.3 is 5.11 Å². The lowest BCUT2D eigenvalue weighted by Gasteiger charge is -2.05. The lowest BCUT2D eigenvalue weighted by molar-refractivity contribution is 0.141. The second kappa shape index (κ2) is 4.19. The van der Waals surface area contributed by atoms with Crippen LogP contribution in [0.2, 0.25) is 5.02 Å². The molecule has 1 rings (SSSR count). The summed E-state index contributed by atoms with van der Waals surface area (Å²) >= 11 is 8.55. The minimum atomic E-state index is -2.82. The maximum absolute atomic E-state index is 12.2. The molecular formula is C7H5BrClF2NO. The molecule has 0 aromatic carbocycles. The van der Waals surface area contributed by atoms with Gasteiger partial charge in [-0.05, 0) is 6.07 Å². The molecule has 0 atom stereocenters. The summed E-state index contributed by atoms with van der Waals surface area (Å²) in [6.07, 6.45) is -2.82. The topological polar surface area (TPSA) is 33.1 Å². The van der Waals surface area contributed by atoms with Crippen LogP contribution < -0.4 is 0 Å². The highest BCUT2D eigenvalue weighted by Crippen LogP contribution is 2.33. The molecule has 1 aromatic heterocycles. The van der Waals surface area contributed by atoms with Crippen molar-refractivity contribution >= 4 is 27.5 Å². The van der Waals surface area contributed by atoms with Gasteiger partial charge in [0.1, 0.15) is 5.69 Å². The summed E-state index contributed by atoms with van der Waals surface area (Å²) in [6, 6.07) is 1.33. The van der Waals surface area contributed by atoms with E-state index in [9.17, 15) is 8.78 Å². The lowest BCUT2D eigenvalue weighted by atomic mass is 10.3. The molecule has 0 bridgehead atoms. The van der Waals surface area contributed by atoms with E-state index < -0.39 is 17.9 Å². The highest BCUT2D eigenvalue weighted by molar-refractivity contribution is 9.08. The third-order valence-corrected chi connectivity index (χ3v) is 2.23. The Hall–Kier alpha value is -0.420. The van der Waals surface area contributed by atoms with Crippen molar-refractivity contribution < 1.29 is 13.9 Å². The molecule has 2 nitrogen and oxygen atoms in total. The lowest BCUT2D eigenvalue weighted by Crippen LogP contribution is -1.95. The number of pyridine rings is 1. The van der Waals surface area contributed by atoms with Crippen LogP contribution in [-0.2, 0) is 5.33 Å². The van der Waals surface area contributed by atoms with Crippen molar-refractivity contribution in [2.75, 3.05) is 0 Å². The normalized spacial score (nSPS) is 10.8. The molecule has 0 spiro atoms. The van der Waals surface area contributed by atoms with Gasteiger partial charge in [0.05, 0.1) is 10.7 Å². The predicted molar refractivity (Wildman–Crippen MR) is 48.5 cm³/mol. The Labute approximate surface area is 86.7 Å². The van der Waals surface area contributed by atoms with Gasteiger partial charge in [-0.2, -0.15) is 0 Å². The fraction of sp³-hybridized carbons (Fsp3) is 0.286. The molecule has 1 heterocycles. The zero-order chi connectivity index (χ0) is 10.0. The van der Waals surface area contributed by atoms with Gasteiger partial charge in [0.2, 0.25) is 0 Å². The Bertz CT molecular complexity index is 322. The first-order chi connectivity index (χ1) is 6.06. The van der Waals surface area contributed by atoms with E-state index in [-0.39, 0.29) is 5.02 Å². The standard InChI is InChI=1S/C7H5BrClF2NO/c8-2-3-1-4(9)6(13)5(12-3)7(10)11/h1,7,13H,2H2. The largest absolute Gasteiger partial charge is 0.504 e. The van der Waals surface area contributed by atoms with Crippen molar-refractivity contribution in [3.63, 3.8) is 0 Å². The summed E-state index contributed by atoms with van der Waals surface area (Å²) in [5, 5.41) is 9.30. The number of nitrogens with zero attached hydrogens (tertiary/aromatic N) is 1. The van der Waals surface area contributed by atoms with Crippen molar-refractivity contribution in [3.05, 3.63) is 22.5 Å². The number of hydrogen-bond donors (Lipinski definition) is 1. The maximum Gasteiger partial charge on any atom is 0.284 e. The van der Waals surface area contributed by atoms with E-state index >= 15 is 0 Å². The van der Waals surface area contributed by atoms with Gasteiger partial charge in [0.15, 0.2) is 5.75 Å². The van der Waals surface area contributed by atoms with Crippen LogP contribution in [0.3, 0.4) is 0 Å². The second-order valence-corrected chi connectivity index (χ2v) is 3.23. The van der Waals surface area contributed by atoms with E-state index in [2.05, 4.69) is 20.9 Å². The van der Waals surface area contributed by atoms with E-state index in [0.29, 0.717) is 11.0 Å². The second-order valence-electron chi connectivity index (χ2n) is 2.26. The predicted octanol–water partition coefficient (Wildman–Crippen LogP) is 3.27. The van der Waals surface area contributed by atoms with Gasteiger partial charge in [0, 0.05) is 5.33 Å². The maximum atomic E-state index is 12.2. The van der Waals surface area contributed by atoms with Crippen molar-refractivity contribution in [3.8, 4) is 5.75 Å². The molecule has 6 heteroatoms. The van der Waals surface area contributed by atoms with E-state index in [0.717, 1.165) is 0 Å². The summed E-state index contributed by atoms with van der Waals surface area (Å²) in [5.41, 5.74) is -0.319. The molecule has 13 heavy (non-hydrogen) atoms. The Morgan fingerprint density at radius 2 is 2.23 bits per heavy atom. The third-order valence-electron chi connectivity index (χ3n) is 1.37. The van der Waals surface area contributed by atoms with Crippen molar-refractivity contribution in [1.82, 2.24) is 4.98 Å². The smallest absolute Gasteiger partial charge is 0.284 e. The van der Waals surface area contributed by atoms with Crippen LogP contribution in [0.15, 0.2) is 6.07 Å². The zero-order valence-corrected chi connectivity index (χ0v) is 8.61.